The van der Waals surface area contributed by atoms with E-state index in [4.69, 9.17) is 0 Å². The van der Waals surface area contributed by atoms with E-state index < -0.39 is 41.9 Å². The molecule has 24 heavy (non-hydrogen) atoms. The summed E-state index contributed by atoms with van der Waals surface area (Å²) < 4.78 is 39.5. The highest BCUT2D eigenvalue weighted by Gasteiger charge is 2.19. The number of amides is 1. The van der Waals surface area contributed by atoms with Crippen molar-refractivity contribution in [3.05, 3.63) is 71.0 Å². The van der Waals surface area contributed by atoms with Crippen molar-refractivity contribution in [1.29, 1.82) is 0 Å². The van der Waals surface area contributed by atoms with Gasteiger partial charge in [0.1, 0.15) is 5.82 Å². The third-order valence-corrected chi connectivity index (χ3v) is 3.69. The van der Waals surface area contributed by atoms with Crippen LogP contribution in [0.25, 0.3) is 0 Å². The Bertz CT molecular complexity index is 707. The van der Waals surface area contributed by atoms with E-state index in [2.05, 4.69) is 5.32 Å². The number of rotatable bonds is 6. The van der Waals surface area contributed by atoms with Crippen LogP contribution in [-0.2, 0) is 17.6 Å². The van der Waals surface area contributed by atoms with Crippen molar-refractivity contribution in [3.63, 3.8) is 0 Å². The van der Waals surface area contributed by atoms with Gasteiger partial charge in [0.05, 0.1) is 18.6 Å². The molecule has 0 radical (unpaired) electrons. The molecule has 0 heterocycles. The first kappa shape index (κ1) is 18.0. The number of hydrogen-bond donors (Lipinski definition) is 2. The fourth-order valence-electron chi connectivity index (χ4n) is 2.31. The molecular weight excluding hydrogens is 319 g/mol. The Morgan fingerprint density at radius 2 is 1.71 bits per heavy atom. The number of halogens is 3. The largest absolute Gasteiger partial charge is 0.391 e. The van der Waals surface area contributed by atoms with E-state index in [0.29, 0.717) is 18.6 Å². The minimum atomic E-state index is -1.30. The van der Waals surface area contributed by atoms with Crippen molar-refractivity contribution in [2.45, 2.75) is 31.9 Å². The van der Waals surface area contributed by atoms with E-state index in [-0.39, 0.29) is 5.56 Å². The molecule has 0 fully saturated rings. The van der Waals surface area contributed by atoms with Gasteiger partial charge < -0.3 is 10.4 Å². The lowest BCUT2D eigenvalue weighted by Crippen LogP contribution is -2.42. The third kappa shape index (κ3) is 4.83. The molecule has 2 rings (SSSR count). The lowest BCUT2D eigenvalue weighted by molar-refractivity contribution is -0.121. The predicted molar refractivity (Wildman–Crippen MR) is 83.8 cm³/mol. The molecule has 2 N–H and O–H groups in total. The molecule has 0 aliphatic carbocycles. The fourth-order valence-corrected chi connectivity index (χ4v) is 2.31. The highest BCUT2D eigenvalue weighted by Crippen LogP contribution is 2.14. The average molecular weight is 337 g/mol. The first-order chi connectivity index (χ1) is 11.4. The Hall–Kier alpha value is -2.34. The van der Waals surface area contributed by atoms with Gasteiger partial charge in [-0.3, -0.25) is 4.79 Å². The van der Waals surface area contributed by atoms with Crippen LogP contribution >= 0.6 is 0 Å². The standard InChI is InChI=1S/C18H18F3NO2/c1-11(17(23)7-12-5-3-2-4-6-12)22-18(24)9-13-8-15(20)16(21)10-14(13)19/h2-6,8,10-11,17,23H,7,9H2,1H3,(H,22,24). The topological polar surface area (TPSA) is 49.3 Å². The lowest BCUT2D eigenvalue weighted by Gasteiger charge is -2.20. The van der Waals surface area contributed by atoms with Crippen LogP contribution in [0.4, 0.5) is 13.2 Å². The quantitative estimate of drug-likeness (QED) is 0.797. The number of carbonyl (C=O) groups excluding carboxylic acids is 1. The minimum Gasteiger partial charge on any atom is -0.391 e. The average Bonchev–Trinajstić information content (AvgIpc) is 2.53. The second-order valence-corrected chi connectivity index (χ2v) is 5.65. The van der Waals surface area contributed by atoms with E-state index >= 15 is 0 Å². The van der Waals surface area contributed by atoms with Crippen molar-refractivity contribution < 1.29 is 23.1 Å². The van der Waals surface area contributed by atoms with Crippen LogP contribution in [0.15, 0.2) is 42.5 Å². The normalized spacial score (nSPS) is 13.4. The molecule has 1 amide bonds. The third-order valence-electron chi connectivity index (χ3n) is 3.69. The number of benzene rings is 2. The zero-order valence-corrected chi connectivity index (χ0v) is 13.1. The molecule has 2 unspecified atom stereocenters. The zero-order valence-electron chi connectivity index (χ0n) is 13.1. The molecule has 0 saturated heterocycles. The van der Waals surface area contributed by atoms with Gasteiger partial charge >= 0.3 is 0 Å². The van der Waals surface area contributed by atoms with Crippen LogP contribution < -0.4 is 5.32 Å². The maximum Gasteiger partial charge on any atom is 0.224 e. The van der Waals surface area contributed by atoms with Crippen LogP contribution in [0.5, 0.6) is 0 Å². The SMILES string of the molecule is CC(NC(=O)Cc1cc(F)c(F)cc1F)C(O)Cc1ccccc1. The monoisotopic (exact) mass is 337 g/mol. The van der Waals surface area contributed by atoms with E-state index in [9.17, 15) is 23.1 Å². The molecule has 2 aromatic rings. The van der Waals surface area contributed by atoms with E-state index in [0.717, 1.165) is 5.56 Å². The van der Waals surface area contributed by atoms with Gasteiger partial charge in [-0.2, -0.15) is 0 Å². The molecule has 0 bridgehead atoms. The predicted octanol–water partition coefficient (Wildman–Crippen LogP) is 2.75. The first-order valence-electron chi connectivity index (χ1n) is 7.51. The van der Waals surface area contributed by atoms with Gasteiger partial charge in [0.2, 0.25) is 5.91 Å². The van der Waals surface area contributed by atoms with Crippen molar-refractivity contribution in [1.82, 2.24) is 5.32 Å². The second kappa shape index (κ2) is 7.97. The summed E-state index contributed by atoms with van der Waals surface area (Å²) in [5.41, 5.74) is 0.675. The molecular formula is C18H18F3NO2. The molecule has 0 aliphatic heterocycles. The fraction of sp³-hybridized carbons (Fsp3) is 0.278. The van der Waals surface area contributed by atoms with Gasteiger partial charge in [-0.25, -0.2) is 13.2 Å². The summed E-state index contributed by atoms with van der Waals surface area (Å²) in [5.74, 6) is -4.08. The molecule has 2 aromatic carbocycles. The van der Waals surface area contributed by atoms with E-state index in [1.807, 2.05) is 30.3 Å². The number of hydrogen-bond acceptors (Lipinski definition) is 2. The Morgan fingerprint density at radius 1 is 1.08 bits per heavy atom. The van der Waals surface area contributed by atoms with E-state index in [1.54, 1.807) is 6.92 Å². The Morgan fingerprint density at radius 3 is 2.38 bits per heavy atom. The van der Waals surface area contributed by atoms with Gasteiger partial charge in [-0.15, -0.1) is 0 Å². The van der Waals surface area contributed by atoms with Crippen LogP contribution in [-0.4, -0.2) is 23.2 Å². The van der Waals surface area contributed by atoms with E-state index in [1.165, 1.54) is 0 Å². The summed E-state index contributed by atoms with van der Waals surface area (Å²) in [4.78, 5) is 11.9. The van der Waals surface area contributed by atoms with Gasteiger partial charge in [0, 0.05) is 18.1 Å². The Kier molecular flexibility index (Phi) is 5.98. The number of aliphatic hydroxyl groups excluding tert-OH is 1. The maximum atomic E-state index is 13.5. The summed E-state index contributed by atoms with van der Waals surface area (Å²) in [5, 5.41) is 12.7. The number of aliphatic hydroxyl groups is 1. The summed E-state index contributed by atoms with van der Waals surface area (Å²) >= 11 is 0. The molecule has 128 valence electrons. The lowest BCUT2D eigenvalue weighted by atomic mass is 10.0. The summed E-state index contributed by atoms with van der Waals surface area (Å²) in [6, 6.07) is 9.75. The molecule has 0 aromatic heterocycles. The van der Waals surface area contributed by atoms with Crippen molar-refractivity contribution in [2.75, 3.05) is 0 Å². The maximum absolute atomic E-state index is 13.5. The zero-order chi connectivity index (χ0) is 17.7. The highest BCUT2D eigenvalue weighted by molar-refractivity contribution is 5.78. The molecule has 0 saturated carbocycles. The van der Waals surface area contributed by atoms with Crippen LogP contribution in [0, 0.1) is 17.5 Å². The summed E-state index contributed by atoms with van der Waals surface area (Å²) in [6.45, 7) is 1.62. The second-order valence-electron chi connectivity index (χ2n) is 5.65. The van der Waals surface area contributed by atoms with Crippen LogP contribution in [0.2, 0.25) is 0 Å². The molecule has 2 atom stereocenters. The van der Waals surface area contributed by atoms with Crippen molar-refractivity contribution in [3.8, 4) is 0 Å². The summed E-state index contributed by atoms with van der Waals surface area (Å²) in [6.07, 6.45) is -0.918. The molecule has 6 heteroatoms. The van der Waals surface area contributed by atoms with Crippen LogP contribution in [0.3, 0.4) is 0 Å². The van der Waals surface area contributed by atoms with Crippen LogP contribution in [0.1, 0.15) is 18.1 Å². The van der Waals surface area contributed by atoms with Crippen molar-refractivity contribution in [2.24, 2.45) is 0 Å². The number of carbonyl (C=O) groups is 1. The molecule has 0 aliphatic rings. The summed E-state index contributed by atoms with van der Waals surface area (Å²) in [7, 11) is 0. The minimum absolute atomic E-state index is 0.240. The Labute approximate surface area is 138 Å². The van der Waals surface area contributed by atoms with Gasteiger partial charge in [0.15, 0.2) is 11.6 Å². The van der Waals surface area contributed by atoms with Crippen molar-refractivity contribution >= 4 is 5.91 Å². The molecule has 3 nitrogen and oxygen atoms in total. The first-order valence-corrected chi connectivity index (χ1v) is 7.51. The highest BCUT2D eigenvalue weighted by atomic mass is 19.2. The van der Waals surface area contributed by atoms with Gasteiger partial charge in [0.25, 0.3) is 0 Å². The Balaban J connectivity index is 1.93. The smallest absolute Gasteiger partial charge is 0.224 e. The molecule has 0 spiro atoms. The number of nitrogens with one attached hydrogen (secondary N) is 1. The van der Waals surface area contributed by atoms with Gasteiger partial charge in [-0.05, 0) is 18.6 Å². The van der Waals surface area contributed by atoms with Gasteiger partial charge in [-0.1, -0.05) is 30.3 Å².